The van der Waals surface area contributed by atoms with E-state index >= 15 is 0 Å². The third kappa shape index (κ3) is 4.43. The highest BCUT2D eigenvalue weighted by Crippen LogP contribution is 2.12. The molecule has 0 saturated heterocycles. The highest BCUT2D eigenvalue weighted by atomic mass is 32.2. The van der Waals surface area contributed by atoms with E-state index in [1.54, 1.807) is 25.0 Å². The Kier molecular flexibility index (Phi) is 5.32. The number of thioether (sulfide) groups is 1. The van der Waals surface area contributed by atoms with Crippen LogP contribution in [0.3, 0.4) is 0 Å². The molecule has 0 aliphatic heterocycles. The predicted molar refractivity (Wildman–Crippen MR) is 64.6 cm³/mol. The molecule has 0 aliphatic carbocycles. The molecule has 0 spiro atoms. The molecular formula is C9H13N3S2. The molecule has 2 N–H and O–H groups in total. The van der Waals surface area contributed by atoms with Crippen molar-refractivity contribution in [3.63, 3.8) is 0 Å². The number of aromatic nitrogens is 1. The van der Waals surface area contributed by atoms with E-state index in [-0.39, 0.29) is 0 Å². The first kappa shape index (κ1) is 11.3. The van der Waals surface area contributed by atoms with Crippen molar-refractivity contribution in [2.45, 2.75) is 5.03 Å². The minimum Gasteiger partial charge on any atom is -0.366 e. The van der Waals surface area contributed by atoms with E-state index in [2.05, 4.69) is 15.6 Å². The quantitative estimate of drug-likeness (QED) is 0.460. The van der Waals surface area contributed by atoms with Gasteiger partial charge in [-0.2, -0.15) is 0 Å². The summed E-state index contributed by atoms with van der Waals surface area (Å²) in [4.78, 5) is 4.20. The van der Waals surface area contributed by atoms with Crippen LogP contribution in [-0.4, -0.2) is 29.4 Å². The average Bonchev–Trinajstić information content (AvgIpc) is 2.25. The van der Waals surface area contributed by atoms with Crippen molar-refractivity contribution in [3.8, 4) is 0 Å². The molecule has 0 aromatic carbocycles. The molecule has 0 unspecified atom stereocenters. The maximum Gasteiger partial charge on any atom is 0.166 e. The van der Waals surface area contributed by atoms with E-state index in [1.807, 2.05) is 18.2 Å². The van der Waals surface area contributed by atoms with Gasteiger partial charge in [0.1, 0.15) is 0 Å². The van der Waals surface area contributed by atoms with Gasteiger partial charge in [0.2, 0.25) is 0 Å². The van der Waals surface area contributed by atoms with E-state index in [0.29, 0.717) is 5.11 Å². The van der Waals surface area contributed by atoms with Gasteiger partial charge in [0.25, 0.3) is 0 Å². The zero-order valence-corrected chi connectivity index (χ0v) is 9.62. The Morgan fingerprint density at radius 3 is 3.07 bits per heavy atom. The summed E-state index contributed by atoms with van der Waals surface area (Å²) in [6.45, 7) is 0.848. The zero-order chi connectivity index (χ0) is 10.2. The molecule has 0 amide bonds. The SMILES string of the molecule is CNC(=S)NCCSc1ccccn1. The van der Waals surface area contributed by atoms with Crippen LogP contribution in [0.1, 0.15) is 0 Å². The molecule has 76 valence electrons. The largest absolute Gasteiger partial charge is 0.366 e. The fourth-order valence-corrected chi connectivity index (χ4v) is 1.67. The first-order valence-corrected chi connectivity index (χ1v) is 5.71. The van der Waals surface area contributed by atoms with Gasteiger partial charge in [0.05, 0.1) is 5.03 Å². The Morgan fingerprint density at radius 2 is 2.43 bits per heavy atom. The lowest BCUT2D eigenvalue weighted by Gasteiger charge is -2.05. The molecule has 0 aliphatic rings. The molecule has 0 bridgehead atoms. The van der Waals surface area contributed by atoms with Crippen molar-refractivity contribution in [1.82, 2.24) is 15.6 Å². The normalized spacial score (nSPS) is 9.50. The Morgan fingerprint density at radius 1 is 1.57 bits per heavy atom. The van der Waals surface area contributed by atoms with Gasteiger partial charge in [0.15, 0.2) is 5.11 Å². The van der Waals surface area contributed by atoms with E-state index in [1.165, 1.54) is 0 Å². The van der Waals surface area contributed by atoms with Crippen LogP contribution in [0.2, 0.25) is 0 Å². The maximum absolute atomic E-state index is 4.94. The van der Waals surface area contributed by atoms with Crippen molar-refractivity contribution < 1.29 is 0 Å². The molecule has 1 aromatic heterocycles. The predicted octanol–water partition coefficient (Wildman–Crippen LogP) is 1.27. The molecule has 5 heteroatoms. The Hall–Kier alpha value is -0.810. The maximum atomic E-state index is 4.94. The summed E-state index contributed by atoms with van der Waals surface area (Å²) in [5.74, 6) is 0.957. The molecule has 0 atom stereocenters. The van der Waals surface area contributed by atoms with Crippen molar-refractivity contribution in [2.75, 3.05) is 19.3 Å². The summed E-state index contributed by atoms with van der Waals surface area (Å²) in [6, 6.07) is 5.90. The van der Waals surface area contributed by atoms with Crippen LogP contribution in [0.15, 0.2) is 29.4 Å². The van der Waals surface area contributed by atoms with Gasteiger partial charge in [-0.05, 0) is 24.4 Å². The fraction of sp³-hybridized carbons (Fsp3) is 0.333. The minimum atomic E-state index is 0.687. The van der Waals surface area contributed by atoms with Crippen molar-refractivity contribution in [1.29, 1.82) is 0 Å². The number of hydrogen-bond acceptors (Lipinski definition) is 3. The first-order chi connectivity index (χ1) is 6.83. The minimum absolute atomic E-state index is 0.687. The van der Waals surface area contributed by atoms with Crippen LogP contribution in [0, 0.1) is 0 Å². The first-order valence-electron chi connectivity index (χ1n) is 4.32. The van der Waals surface area contributed by atoms with Crippen LogP contribution in [-0.2, 0) is 0 Å². The zero-order valence-electron chi connectivity index (χ0n) is 7.99. The standard InChI is InChI=1S/C9H13N3S2/c1-10-9(13)12-6-7-14-8-4-2-3-5-11-8/h2-5H,6-7H2,1H3,(H2,10,12,13). The van der Waals surface area contributed by atoms with E-state index in [0.717, 1.165) is 17.3 Å². The highest BCUT2D eigenvalue weighted by molar-refractivity contribution is 7.99. The average molecular weight is 227 g/mol. The number of hydrogen-bond donors (Lipinski definition) is 2. The van der Waals surface area contributed by atoms with Gasteiger partial charge in [-0.3, -0.25) is 0 Å². The van der Waals surface area contributed by atoms with Crippen molar-refractivity contribution >= 4 is 29.1 Å². The second-order valence-corrected chi connectivity index (χ2v) is 4.05. The molecule has 0 fully saturated rings. The third-order valence-electron chi connectivity index (χ3n) is 1.50. The summed E-state index contributed by atoms with van der Waals surface area (Å²) in [7, 11) is 1.81. The summed E-state index contributed by atoms with van der Waals surface area (Å²) < 4.78 is 0. The van der Waals surface area contributed by atoms with E-state index in [4.69, 9.17) is 12.2 Å². The van der Waals surface area contributed by atoms with Gasteiger partial charge in [-0.15, -0.1) is 11.8 Å². The van der Waals surface area contributed by atoms with Crippen LogP contribution in [0.4, 0.5) is 0 Å². The van der Waals surface area contributed by atoms with Crippen LogP contribution < -0.4 is 10.6 Å². The van der Waals surface area contributed by atoms with Gasteiger partial charge < -0.3 is 10.6 Å². The highest BCUT2D eigenvalue weighted by Gasteiger charge is 1.94. The summed E-state index contributed by atoms with van der Waals surface area (Å²) in [6.07, 6.45) is 1.80. The molecule has 0 saturated carbocycles. The van der Waals surface area contributed by atoms with Gasteiger partial charge >= 0.3 is 0 Å². The molecule has 1 heterocycles. The molecule has 14 heavy (non-hydrogen) atoms. The number of nitrogens with zero attached hydrogens (tertiary/aromatic N) is 1. The Labute approximate surface area is 93.7 Å². The number of rotatable bonds is 4. The van der Waals surface area contributed by atoms with Crippen molar-refractivity contribution in [3.05, 3.63) is 24.4 Å². The lowest BCUT2D eigenvalue weighted by molar-refractivity contribution is 0.941. The summed E-state index contributed by atoms with van der Waals surface area (Å²) in [5.41, 5.74) is 0. The van der Waals surface area contributed by atoms with Crippen LogP contribution in [0.25, 0.3) is 0 Å². The molecular weight excluding hydrogens is 214 g/mol. The van der Waals surface area contributed by atoms with E-state index < -0.39 is 0 Å². The van der Waals surface area contributed by atoms with Crippen LogP contribution >= 0.6 is 24.0 Å². The third-order valence-corrected chi connectivity index (χ3v) is 2.80. The molecule has 3 nitrogen and oxygen atoms in total. The summed E-state index contributed by atoms with van der Waals surface area (Å²) in [5, 5.41) is 7.67. The van der Waals surface area contributed by atoms with Crippen LogP contribution in [0.5, 0.6) is 0 Å². The second kappa shape index (κ2) is 6.62. The smallest absolute Gasteiger partial charge is 0.166 e. The van der Waals surface area contributed by atoms with Crippen molar-refractivity contribution in [2.24, 2.45) is 0 Å². The molecule has 1 rings (SSSR count). The Bertz CT molecular complexity index is 277. The van der Waals surface area contributed by atoms with Gasteiger partial charge in [0, 0.05) is 25.5 Å². The monoisotopic (exact) mass is 227 g/mol. The fourth-order valence-electron chi connectivity index (χ4n) is 0.841. The molecule has 1 aromatic rings. The van der Waals surface area contributed by atoms with Gasteiger partial charge in [-0.25, -0.2) is 4.98 Å². The lowest BCUT2D eigenvalue weighted by Crippen LogP contribution is -2.33. The topological polar surface area (TPSA) is 37.0 Å². The Balaban J connectivity index is 2.13. The molecule has 0 radical (unpaired) electrons. The lowest BCUT2D eigenvalue weighted by atomic mass is 10.5. The second-order valence-electron chi connectivity index (χ2n) is 2.52. The van der Waals surface area contributed by atoms with E-state index in [9.17, 15) is 0 Å². The van der Waals surface area contributed by atoms with Gasteiger partial charge in [-0.1, -0.05) is 6.07 Å². The summed E-state index contributed by atoms with van der Waals surface area (Å²) >= 11 is 6.65. The number of thiocarbonyl (C=S) groups is 1. The number of pyridine rings is 1. The number of nitrogens with one attached hydrogen (secondary N) is 2.